The molecule has 0 aromatic heterocycles. The molecule has 2 amide bonds. The fourth-order valence-electron chi connectivity index (χ4n) is 8.28. The van der Waals surface area contributed by atoms with Gasteiger partial charge in [-0.3, -0.25) is 24.0 Å². The van der Waals surface area contributed by atoms with Crippen LogP contribution in [0, 0.1) is 30.1 Å². The first kappa shape index (κ1) is 51.0. The molecule has 1 aliphatic heterocycles. The van der Waals surface area contributed by atoms with Crippen LogP contribution in [-0.4, -0.2) is 85.7 Å². The zero-order valence-electron chi connectivity index (χ0n) is 39.2. The van der Waals surface area contributed by atoms with Crippen LogP contribution in [0.4, 0.5) is 0 Å². The Balaban J connectivity index is 1.58. The van der Waals surface area contributed by atoms with Crippen LogP contribution in [-0.2, 0) is 25.6 Å². The Morgan fingerprint density at radius 1 is 0.788 bits per heavy atom. The number of unbranched alkanes of at least 4 members (excludes halogenated alkanes) is 1. The second-order valence-electron chi connectivity index (χ2n) is 17.7. The molecule has 1 heterocycles. The molecule has 0 spiro atoms. The van der Waals surface area contributed by atoms with Crippen molar-refractivity contribution in [3.8, 4) is 33.8 Å². The Labute approximate surface area is 389 Å². The lowest BCUT2D eigenvalue weighted by atomic mass is 9.87. The number of hydrogen-bond donors (Lipinski definition) is 5. The SMILES string of the molecule is Cc1ccc(-c2ccc(C(=O)CC(CCCCN)C(=O)N(C)C3C(=O)CC(C)C(=O)NC(C(=O)CCC(=N)C(C)C)Cc4ccc(OCCN)c(c4)-c4cc3ccc4OCCN)cc2)cc1. The summed E-state index contributed by atoms with van der Waals surface area (Å²) in [5.41, 5.74) is 24.0. The van der Waals surface area contributed by atoms with Crippen molar-refractivity contribution in [1.82, 2.24) is 10.2 Å². The van der Waals surface area contributed by atoms with Crippen molar-refractivity contribution in [2.24, 2.45) is 35.0 Å². The fourth-order valence-corrected chi connectivity index (χ4v) is 8.28. The van der Waals surface area contributed by atoms with Crippen molar-refractivity contribution in [3.05, 3.63) is 107 Å². The van der Waals surface area contributed by atoms with E-state index >= 15 is 0 Å². The maximum absolute atomic E-state index is 14.9. The van der Waals surface area contributed by atoms with E-state index in [9.17, 15) is 24.0 Å². The van der Waals surface area contributed by atoms with Crippen LogP contribution in [0.1, 0.15) is 98.8 Å². The van der Waals surface area contributed by atoms with E-state index in [0.717, 1.165) is 22.3 Å². The van der Waals surface area contributed by atoms with Gasteiger partial charge in [0.25, 0.3) is 0 Å². The van der Waals surface area contributed by atoms with Gasteiger partial charge in [-0.2, -0.15) is 0 Å². The van der Waals surface area contributed by atoms with Gasteiger partial charge in [0.15, 0.2) is 17.3 Å². The summed E-state index contributed by atoms with van der Waals surface area (Å²) in [7, 11) is 1.56. The maximum atomic E-state index is 14.9. The average Bonchev–Trinajstić information content (AvgIpc) is 3.31. The molecular formula is C53H68N6O7. The van der Waals surface area contributed by atoms with E-state index < -0.39 is 41.5 Å². The first-order chi connectivity index (χ1) is 31.6. The average molecular weight is 901 g/mol. The number of hydrogen-bond acceptors (Lipinski definition) is 11. The molecule has 13 nitrogen and oxygen atoms in total. The number of ketones is 3. The van der Waals surface area contributed by atoms with E-state index in [0.29, 0.717) is 65.3 Å². The largest absolute Gasteiger partial charge is 0.492 e. The first-order valence-corrected chi connectivity index (χ1v) is 23.2. The van der Waals surface area contributed by atoms with Gasteiger partial charge < -0.3 is 42.3 Å². The molecule has 4 bridgehead atoms. The summed E-state index contributed by atoms with van der Waals surface area (Å²) < 4.78 is 12.4. The van der Waals surface area contributed by atoms with Gasteiger partial charge >= 0.3 is 0 Å². The Morgan fingerprint density at radius 2 is 1.39 bits per heavy atom. The predicted molar refractivity (Wildman–Crippen MR) is 260 cm³/mol. The highest BCUT2D eigenvalue weighted by Crippen LogP contribution is 2.41. The molecule has 0 saturated heterocycles. The van der Waals surface area contributed by atoms with Gasteiger partial charge in [0.05, 0.1) is 6.04 Å². The Morgan fingerprint density at radius 3 is 2.00 bits per heavy atom. The number of rotatable bonds is 21. The number of aryl methyl sites for hydroxylation is 1. The number of nitrogens with zero attached hydrogens (tertiary/aromatic N) is 1. The third-order valence-corrected chi connectivity index (χ3v) is 12.3. The number of likely N-dealkylation sites (N-methyl/N-ethyl adjacent to an activating group) is 1. The number of ether oxygens (including phenoxy) is 2. The van der Waals surface area contributed by atoms with Crippen molar-refractivity contribution in [2.75, 3.05) is 39.9 Å². The smallest absolute Gasteiger partial charge is 0.226 e. The molecule has 66 heavy (non-hydrogen) atoms. The summed E-state index contributed by atoms with van der Waals surface area (Å²) in [5, 5.41) is 11.3. The second-order valence-corrected chi connectivity index (χ2v) is 17.7. The molecule has 352 valence electrons. The van der Waals surface area contributed by atoms with Crippen molar-refractivity contribution in [2.45, 2.75) is 91.1 Å². The Hall–Kier alpha value is -6.02. The van der Waals surface area contributed by atoms with Gasteiger partial charge in [-0.1, -0.05) is 93.4 Å². The second kappa shape index (κ2) is 24.5. The van der Waals surface area contributed by atoms with Gasteiger partial charge in [0, 0.05) is 73.6 Å². The molecule has 4 atom stereocenters. The number of nitrogens with two attached hydrogens (primary N) is 3. The topological polar surface area (TPSA) is 221 Å². The van der Waals surface area contributed by atoms with Gasteiger partial charge in [-0.25, -0.2) is 0 Å². The number of carbonyl (C=O) groups is 5. The highest BCUT2D eigenvalue weighted by molar-refractivity contribution is 6.00. The van der Waals surface area contributed by atoms with Crippen molar-refractivity contribution >= 4 is 34.9 Å². The molecule has 0 radical (unpaired) electrons. The summed E-state index contributed by atoms with van der Waals surface area (Å²) in [4.78, 5) is 73.1. The van der Waals surface area contributed by atoms with E-state index in [1.165, 1.54) is 4.90 Å². The number of fused-ring (bicyclic) bond motifs is 5. The van der Waals surface area contributed by atoms with Gasteiger partial charge in [-0.05, 0) is 91.6 Å². The molecule has 4 unspecified atom stereocenters. The zero-order valence-corrected chi connectivity index (χ0v) is 39.2. The summed E-state index contributed by atoms with van der Waals surface area (Å²) in [5.74, 6) is -2.51. The molecule has 5 rings (SSSR count). The zero-order chi connectivity index (χ0) is 47.9. The lowest BCUT2D eigenvalue weighted by Crippen LogP contribution is -2.46. The fraction of sp³-hybridized carbons (Fsp3) is 0.434. The number of benzene rings is 4. The summed E-state index contributed by atoms with van der Waals surface area (Å²) >= 11 is 0. The Kier molecular flexibility index (Phi) is 18.9. The van der Waals surface area contributed by atoms with Gasteiger partial charge in [0.2, 0.25) is 11.8 Å². The molecule has 0 aliphatic carbocycles. The molecular weight excluding hydrogens is 833 g/mol. The minimum atomic E-state index is -1.19. The van der Waals surface area contributed by atoms with Crippen LogP contribution in [0.15, 0.2) is 84.9 Å². The summed E-state index contributed by atoms with van der Waals surface area (Å²) in [6.45, 7) is 8.72. The van der Waals surface area contributed by atoms with Crippen molar-refractivity contribution < 1.29 is 33.4 Å². The van der Waals surface area contributed by atoms with Crippen molar-refractivity contribution in [1.29, 1.82) is 5.41 Å². The van der Waals surface area contributed by atoms with Crippen LogP contribution < -0.4 is 32.0 Å². The number of nitrogens with one attached hydrogen (secondary N) is 2. The quantitative estimate of drug-likeness (QED) is 0.0322. The number of Topliss-reactive ketones (excluding diaryl/α,β-unsaturated/α-hetero) is 3. The molecule has 13 heteroatoms. The maximum Gasteiger partial charge on any atom is 0.226 e. The molecule has 8 N–H and O–H groups in total. The predicted octanol–water partition coefficient (Wildman–Crippen LogP) is 7.18. The van der Waals surface area contributed by atoms with Gasteiger partial charge in [0.1, 0.15) is 30.8 Å². The third-order valence-electron chi connectivity index (χ3n) is 12.3. The monoisotopic (exact) mass is 901 g/mol. The minimum absolute atomic E-state index is 0.0285. The molecule has 0 fully saturated rings. The minimum Gasteiger partial charge on any atom is -0.492 e. The molecule has 0 saturated carbocycles. The lowest BCUT2D eigenvalue weighted by Gasteiger charge is -2.32. The summed E-state index contributed by atoms with van der Waals surface area (Å²) in [6.07, 6.45) is 1.71. The highest BCUT2D eigenvalue weighted by Gasteiger charge is 2.36. The van der Waals surface area contributed by atoms with E-state index in [2.05, 4.69) is 5.32 Å². The van der Waals surface area contributed by atoms with E-state index in [4.69, 9.17) is 32.1 Å². The third kappa shape index (κ3) is 13.5. The van der Waals surface area contributed by atoms with Crippen LogP contribution in [0.2, 0.25) is 0 Å². The standard InChI is InChI=1S/C53H68N6O7/c1-33(2)44(57)19-20-46(60)45-30-36-11-21-49(65-26-24-55)42(29-36)43-31-40(18-22-50(43)66-27-25-56)51(48(62)28-35(4)52(63)58-45)59(5)53(64)41(8-6-7-23-54)32-47(61)39-16-14-38(15-17-39)37-12-9-34(3)10-13-37/h9-18,21-22,29,31,33,35,41,45,51,57H,6-8,19-20,23-28,30,32,54-56H2,1-5H3,(H,58,63). The van der Waals surface area contributed by atoms with Crippen LogP contribution in [0.3, 0.4) is 0 Å². The molecule has 1 aliphatic rings. The lowest BCUT2D eigenvalue weighted by molar-refractivity contribution is -0.142. The van der Waals surface area contributed by atoms with E-state index in [1.807, 2.05) is 69.3 Å². The number of carbonyl (C=O) groups excluding carboxylic acids is 5. The van der Waals surface area contributed by atoms with Crippen LogP contribution in [0.5, 0.6) is 11.5 Å². The normalized spacial score (nSPS) is 16.8. The van der Waals surface area contributed by atoms with Crippen LogP contribution >= 0.6 is 0 Å². The first-order valence-electron chi connectivity index (χ1n) is 23.2. The highest BCUT2D eigenvalue weighted by atomic mass is 16.5. The molecule has 4 aromatic rings. The van der Waals surface area contributed by atoms with Crippen LogP contribution in [0.25, 0.3) is 22.3 Å². The Bertz CT molecular complexity index is 2330. The molecule has 4 aromatic carbocycles. The number of amides is 2. The van der Waals surface area contributed by atoms with E-state index in [1.54, 1.807) is 50.4 Å². The van der Waals surface area contributed by atoms with Crippen molar-refractivity contribution in [3.63, 3.8) is 0 Å². The van der Waals surface area contributed by atoms with Gasteiger partial charge in [-0.15, -0.1) is 0 Å². The van der Waals surface area contributed by atoms with E-state index in [-0.39, 0.29) is 75.9 Å². The summed E-state index contributed by atoms with van der Waals surface area (Å²) in [6, 6.07) is 24.1.